The molecule has 0 spiro atoms. The molecule has 0 saturated heterocycles. The van der Waals surface area contributed by atoms with Crippen LogP contribution >= 0.6 is 0 Å². The molecule has 3 fully saturated rings. The Labute approximate surface area is 189 Å². The first-order chi connectivity index (χ1) is 15.0. The second-order valence-corrected chi connectivity index (χ2v) is 10.5. The van der Waals surface area contributed by atoms with Gasteiger partial charge in [-0.05, 0) is 61.7 Å². The third-order valence-corrected chi connectivity index (χ3v) is 8.73. The zero-order chi connectivity index (χ0) is 23.3. The van der Waals surface area contributed by atoms with Crippen LogP contribution in [0.3, 0.4) is 0 Å². The van der Waals surface area contributed by atoms with E-state index < -0.39 is 12.1 Å². The molecular weight excluding hydrogens is 410 g/mol. The summed E-state index contributed by atoms with van der Waals surface area (Å²) in [5.74, 6) is 0.731. The van der Waals surface area contributed by atoms with E-state index in [1.807, 2.05) is 0 Å². The number of hydrazone groups is 1. The molecule has 3 N–H and O–H groups in total. The van der Waals surface area contributed by atoms with Crippen molar-refractivity contribution in [1.82, 2.24) is 5.43 Å². The van der Waals surface area contributed by atoms with Gasteiger partial charge in [-0.3, -0.25) is 9.59 Å². The van der Waals surface area contributed by atoms with E-state index in [1.54, 1.807) is 0 Å². The molecule has 0 aliphatic heterocycles. The average molecular weight is 446 g/mol. The summed E-state index contributed by atoms with van der Waals surface area (Å²) < 4.78 is 11.2. The number of nitrogens with one attached hydrogen (secondary N) is 1. The first-order valence-corrected chi connectivity index (χ1v) is 11.7. The van der Waals surface area contributed by atoms with Gasteiger partial charge in [0, 0.05) is 25.7 Å². The molecule has 4 aliphatic rings. The fraction of sp³-hybridized carbons (Fsp3) is 0.750. The first-order valence-electron chi connectivity index (χ1n) is 11.7. The normalized spacial score (nSPS) is 41.6. The van der Waals surface area contributed by atoms with Gasteiger partial charge in [0.1, 0.15) is 12.2 Å². The fourth-order valence-electron chi connectivity index (χ4n) is 7.37. The van der Waals surface area contributed by atoms with Gasteiger partial charge in [0.25, 0.3) is 0 Å². The first kappa shape index (κ1) is 22.8. The maximum Gasteiger partial charge on any atom is 0.332 e. The third kappa shape index (κ3) is 3.82. The Morgan fingerprint density at radius 3 is 2.41 bits per heavy atom. The van der Waals surface area contributed by atoms with Crippen LogP contribution < -0.4 is 11.2 Å². The van der Waals surface area contributed by atoms with Crippen molar-refractivity contribution in [2.75, 3.05) is 0 Å². The van der Waals surface area contributed by atoms with Gasteiger partial charge >= 0.3 is 18.0 Å². The highest BCUT2D eigenvalue weighted by atomic mass is 16.5. The summed E-state index contributed by atoms with van der Waals surface area (Å²) in [4.78, 5) is 34.6. The molecule has 0 aromatic heterocycles. The van der Waals surface area contributed by atoms with E-state index in [1.165, 1.54) is 19.4 Å². The number of fused-ring (bicyclic) bond motifs is 5. The molecular formula is C24H35N3O5. The Morgan fingerprint density at radius 2 is 1.75 bits per heavy atom. The predicted molar refractivity (Wildman–Crippen MR) is 118 cm³/mol. The molecule has 7 atom stereocenters. The van der Waals surface area contributed by atoms with E-state index in [4.69, 9.17) is 15.2 Å². The zero-order valence-corrected chi connectivity index (χ0v) is 19.5. The quantitative estimate of drug-likeness (QED) is 0.392. The molecule has 176 valence electrons. The van der Waals surface area contributed by atoms with Crippen molar-refractivity contribution < 1.29 is 23.9 Å². The number of rotatable bonds is 3. The molecule has 0 aromatic carbocycles. The van der Waals surface area contributed by atoms with Crippen LogP contribution in [0.5, 0.6) is 0 Å². The molecule has 3 saturated carbocycles. The Balaban J connectivity index is 1.62. The number of amides is 2. The molecule has 32 heavy (non-hydrogen) atoms. The van der Waals surface area contributed by atoms with Gasteiger partial charge in [0.2, 0.25) is 0 Å². The molecule has 0 unspecified atom stereocenters. The van der Waals surface area contributed by atoms with Gasteiger partial charge in [0.15, 0.2) is 0 Å². The van der Waals surface area contributed by atoms with Crippen LogP contribution in [0.1, 0.15) is 72.6 Å². The number of carbonyl (C=O) groups excluding carboxylic acids is 3. The number of nitrogens with two attached hydrogens (primary N) is 1. The number of urea groups is 1. The molecule has 4 rings (SSSR count). The second-order valence-electron chi connectivity index (χ2n) is 10.5. The van der Waals surface area contributed by atoms with Crippen molar-refractivity contribution in [2.45, 2.75) is 84.8 Å². The SMILES string of the molecule is CC(=O)O[C@H]1CC[C@@]2(C)C(=CC[C@H]3[C@H]2CC[C@]2(C)/C(=N\NC(N)=O)[C@@H](OC(C)=O)C[C@H]32)C1. The van der Waals surface area contributed by atoms with E-state index in [9.17, 15) is 14.4 Å². The summed E-state index contributed by atoms with van der Waals surface area (Å²) in [5.41, 5.74) is 9.65. The van der Waals surface area contributed by atoms with Gasteiger partial charge in [-0.1, -0.05) is 25.5 Å². The van der Waals surface area contributed by atoms with E-state index in [2.05, 4.69) is 30.5 Å². The lowest BCUT2D eigenvalue weighted by Gasteiger charge is -2.57. The molecule has 0 heterocycles. The molecule has 2 amide bonds. The topological polar surface area (TPSA) is 120 Å². The number of primary amides is 1. The van der Waals surface area contributed by atoms with Crippen molar-refractivity contribution in [3.05, 3.63) is 11.6 Å². The lowest BCUT2D eigenvalue weighted by molar-refractivity contribution is -0.148. The van der Waals surface area contributed by atoms with E-state index in [-0.39, 0.29) is 28.9 Å². The number of carbonyl (C=O) groups is 3. The highest BCUT2D eigenvalue weighted by molar-refractivity contribution is 5.98. The Morgan fingerprint density at radius 1 is 1.06 bits per heavy atom. The molecule has 8 heteroatoms. The lowest BCUT2D eigenvalue weighted by atomic mass is 9.48. The van der Waals surface area contributed by atoms with Crippen molar-refractivity contribution in [3.8, 4) is 0 Å². The number of hydrogen-bond acceptors (Lipinski definition) is 6. The Kier molecular flexibility index (Phi) is 5.84. The number of esters is 2. The van der Waals surface area contributed by atoms with Crippen LogP contribution in [0.2, 0.25) is 0 Å². The molecule has 0 radical (unpaired) electrons. The maximum absolute atomic E-state index is 11.8. The largest absolute Gasteiger partial charge is 0.462 e. The average Bonchev–Trinajstić information content (AvgIpc) is 2.96. The van der Waals surface area contributed by atoms with Crippen molar-refractivity contribution in [3.63, 3.8) is 0 Å². The highest BCUT2D eigenvalue weighted by Gasteiger charge is 2.61. The van der Waals surface area contributed by atoms with Crippen LogP contribution in [0.25, 0.3) is 0 Å². The van der Waals surface area contributed by atoms with Gasteiger partial charge < -0.3 is 15.2 Å². The summed E-state index contributed by atoms with van der Waals surface area (Å²) in [5, 5.41) is 4.34. The van der Waals surface area contributed by atoms with Crippen LogP contribution in [0.15, 0.2) is 16.8 Å². The van der Waals surface area contributed by atoms with E-state index in [0.29, 0.717) is 24.2 Å². The summed E-state index contributed by atoms with van der Waals surface area (Å²) in [6.45, 7) is 7.46. The van der Waals surface area contributed by atoms with Gasteiger partial charge in [-0.15, -0.1) is 0 Å². The third-order valence-electron chi connectivity index (χ3n) is 8.73. The molecule has 0 bridgehead atoms. The Hall–Kier alpha value is -2.38. The predicted octanol–water partition coefficient (Wildman–Crippen LogP) is 3.45. The van der Waals surface area contributed by atoms with Crippen LogP contribution in [-0.4, -0.2) is 35.9 Å². The molecule has 0 aromatic rings. The van der Waals surface area contributed by atoms with E-state index >= 15 is 0 Å². The number of allylic oxidation sites excluding steroid dienone is 1. The second kappa shape index (κ2) is 8.19. The minimum absolute atomic E-state index is 0.0179. The fourth-order valence-corrected chi connectivity index (χ4v) is 7.37. The minimum Gasteiger partial charge on any atom is -0.462 e. The standard InChI is InChI=1S/C24H35N3O5/c1-13(28)31-16-7-9-23(3)15(11-16)5-6-17-18(23)8-10-24(4)19(17)12-20(32-14(2)29)21(24)26-27-22(25)30/h5,16-20H,6-12H2,1-4H3,(H3,25,27,30)/b26-21-/t16-,17-,18+,19+,20-,23-,24-/m0/s1. The van der Waals surface area contributed by atoms with Crippen molar-refractivity contribution in [1.29, 1.82) is 0 Å². The van der Waals surface area contributed by atoms with Gasteiger partial charge in [-0.2, -0.15) is 5.10 Å². The molecule has 4 aliphatic carbocycles. The number of ether oxygens (including phenoxy) is 2. The Bertz CT molecular complexity index is 883. The van der Waals surface area contributed by atoms with Gasteiger partial charge in [0.05, 0.1) is 5.71 Å². The smallest absolute Gasteiger partial charge is 0.332 e. The summed E-state index contributed by atoms with van der Waals surface area (Å²) in [7, 11) is 0. The van der Waals surface area contributed by atoms with Crippen LogP contribution in [0.4, 0.5) is 4.79 Å². The van der Waals surface area contributed by atoms with Gasteiger partial charge in [-0.25, -0.2) is 10.2 Å². The summed E-state index contributed by atoms with van der Waals surface area (Å²) in [6, 6.07) is -0.720. The van der Waals surface area contributed by atoms with Crippen molar-refractivity contribution in [2.24, 2.45) is 39.4 Å². The monoisotopic (exact) mass is 445 g/mol. The minimum atomic E-state index is -0.720. The number of hydrogen-bond donors (Lipinski definition) is 2. The van der Waals surface area contributed by atoms with Crippen LogP contribution in [0, 0.1) is 28.6 Å². The highest BCUT2D eigenvalue weighted by Crippen LogP contribution is 2.64. The lowest BCUT2D eigenvalue weighted by Crippen LogP contribution is -2.51. The maximum atomic E-state index is 11.8. The molecule has 8 nitrogen and oxygen atoms in total. The zero-order valence-electron chi connectivity index (χ0n) is 19.5. The summed E-state index contributed by atoms with van der Waals surface area (Å²) >= 11 is 0. The van der Waals surface area contributed by atoms with E-state index in [0.717, 1.165) is 44.2 Å². The summed E-state index contributed by atoms with van der Waals surface area (Å²) in [6.07, 6.45) is 8.30. The van der Waals surface area contributed by atoms with Crippen molar-refractivity contribution >= 4 is 23.7 Å². The van der Waals surface area contributed by atoms with Crippen LogP contribution in [-0.2, 0) is 19.1 Å². The number of nitrogens with zero attached hydrogens (tertiary/aromatic N) is 1.